The number of hydrogen-bond acceptors (Lipinski definition) is 1. The van der Waals surface area contributed by atoms with E-state index in [2.05, 4.69) is 0 Å². The molecule has 0 radical (unpaired) electrons. The summed E-state index contributed by atoms with van der Waals surface area (Å²) < 4.78 is 25.3. The number of halogens is 2. The highest BCUT2D eigenvalue weighted by Gasteiger charge is 2.47. The van der Waals surface area contributed by atoms with Crippen molar-refractivity contribution in [3.8, 4) is 0 Å². The Morgan fingerprint density at radius 2 is 1.92 bits per heavy atom. The van der Waals surface area contributed by atoms with Crippen LogP contribution in [-0.2, 0) is 0 Å². The highest BCUT2D eigenvalue weighted by atomic mass is 19.3. The third-order valence-electron chi connectivity index (χ3n) is 3.17. The molecule has 1 N–H and O–H groups in total. The van der Waals surface area contributed by atoms with Gasteiger partial charge in [0.2, 0.25) is 0 Å². The zero-order valence-corrected chi connectivity index (χ0v) is 8.26. The summed E-state index contributed by atoms with van der Waals surface area (Å²) in [7, 11) is 0. The average Bonchev–Trinajstić information content (AvgIpc) is 2.04. The molecular formula is C10H18F2O. The summed E-state index contributed by atoms with van der Waals surface area (Å²) in [5.41, 5.74) is -1.72. The summed E-state index contributed by atoms with van der Waals surface area (Å²) in [4.78, 5) is 0. The normalized spacial score (nSPS) is 35.8. The SMILES string of the molecule is CC(C)C1CCCCC1(O)C(F)F. The van der Waals surface area contributed by atoms with Crippen molar-refractivity contribution in [2.24, 2.45) is 11.8 Å². The van der Waals surface area contributed by atoms with Crippen molar-refractivity contribution in [1.82, 2.24) is 0 Å². The predicted molar refractivity (Wildman–Crippen MR) is 47.7 cm³/mol. The van der Waals surface area contributed by atoms with Crippen LogP contribution in [0.1, 0.15) is 39.5 Å². The zero-order chi connectivity index (χ0) is 10.1. The molecule has 0 amide bonds. The maximum atomic E-state index is 12.7. The smallest absolute Gasteiger partial charge is 0.267 e. The van der Waals surface area contributed by atoms with Gasteiger partial charge >= 0.3 is 0 Å². The van der Waals surface area contributed by atoms with Crippen LogP contribution in [-0.4, -0.2) is 17.1 Å². The van der Waals surface area contributed by atoms with Gasteiger partial charge in [-0.1, -0.05) is 26.7 Å². The lowest BCUT2D eigenvalue weighted by molar-refractivity contribution is -0.160. The van der Waals surface area contributed by atoms with Gasteiger partial charge in [0.1, 0.15) is 5.60 Å². The summed E-state index contributed by atoms with van der Waals surface area (Å²) in [5.74, 6) is -0.0967. The first-order chi connectivity index (χ1) is 5.98. The fraction of sp³-hybridized carbons (Fsp3) is 1.00. The quantitative estimate of drug-likeness (QED) is 0.713. The molecule has 1 aliphatic rings. The van der Waals surface area contributed by atoms with Crippen LogP contribution in [0.25, 0.3) is 0 Å². The number of hydrogen-bond donors (Lipinski definition) is 1. The van der Waals surface area contributed by atoms with Gasteiger partial charge in [-0.2, -0.15) is 0 Å². The number of rotatable bonds is 2. The molecule has 0 aromatic carbocycles. The van der Waals surface area contributed by atoms with E-state index < -0.39 is 12.0 Å². The summed E-state index contributed by atoms with van der Waals surface area (Å²) >= 11 is 0. The summed E-state index contributed by atoms with van der Waals surface area (Å²) in [6, 6.07) is 0. The second-order valence-corrected chi connectivity index (χ2v) is 4.39. The van der Waals surface area contributed by atoms with Gasteiger partial charge in [0.15, 0.2) is 0 Å². The van der Waals surface area contributed by atoms with Crippen LogP contribution in [0.4, 0.5) is 8.78 Å². The van der Waals surface area contributed by atoms with Crippen LogP contribution in [0.15, 0.2) is 0 Å². The van der Waals surface area contributed by atoms with Gasteiger partial charge in [-0.3, -0.25) is 0 Å². The molecule has 0 saturated heterocycles. The Labute approximate surface area is 78.1 Å². The van der Waals surface area contributed by atoms with Crippen LogP contribution in [0.2, 0.25) is 0 Å². The van der Waals surface area contributed by atoms with Gasteiger partial charge in [-0.15, -0.1) is 0 Å². The molecule has 1 fully saturated rings. The third-order valence-corrected chi connectivity index (χ3v) is 3.17. The van der Waals surface area contributed by atoms with Gasteiger partial charge in [0.25, 0.3) is 6.43 Å². The minimum atomic E-state index is -2.60. The summed E-state index contributed by atoms with van der Waals surface area (Å²) in [6.45, 7) is 3.81. The van der Waals surface area contributed by atoms with E-state index in [-0.39, 0.29) is 18.3 Å². The first kappa shape index (κ1) is 10.9. The lowest BCUT2D eigenvalue weighted by atomic mass is 9.70. The fourth-order valence-electron chi connectivity index (χ4n) is 2.39. The van der Waals surface area contributed by atoms with Crippen molar-refractivity contribution in [2.75, 3.05) is 0 Å². The molecule has 0 aromatic heterocycles. The fourth-order valence-corrected chi connectivity index (χ4v) is 2.39. The summed E-state index contributed by atoms with van der Waals surface area (Å²) in [5, 5.41) is 9.83. The largest absolute Gasteiger partial charge is 0.384 e. The Bertz CT molecular complexity index is 170. The van der Waals surface area contributed by atoms with E-state index >= 15 is 0 Å². The average molecular weight is 192 g/mol. The van der Waals surface area contributed by atoms with Gasteiger partial charge in [0.05, 0.1) is 0 Å². The molecule has 3 heteroatoms. The molecule has 1 saturated carbocycles. The van der Waals surface area contributed by atoms with Gasteiger partial charge in [-0.25, -0.2) is 8.78 Å². The van der Waals surface area contributed by atoms with E-state index in [4.69, 9.17) is 0 Å². The highest BCUT2D eigenvalue weighted by Crippen LogP contribution is 2.41. The molecule has 78 valence electrons. The van der Waals surface area contributed by atoms with Crippen molar-refractivity contribution < 1.29 is 13.9 Å². The molecular weight excluding hydrogens is 174 g/mol. The Hall–Kier alpha value is -0.180. The second-order valence-electron chi connectivity index (χ2n) is 4.39. The molecule has 0 heterocycles. The van der Waals surface area contributed by atoms with E-state index in [9.17, 15) is 13.9 Å². The second kappa shape index (κ2) is 3.91. The van der Waals surface area contributed by atoms with E-state index in [0.717, 1.165) is 19.3 Å². The molecule has 2 atom stereocenters. The van der Waals surface area contributed by atoms with Crippen molar-refractivity contribution in [1.29, 1.82) is 0 Å². The Morgan fingerprint density at radius 3 is 2.31 bits per heavy atom. The van der Waals surface area contributed by atoms with E-state index in [1.165, 1.54) is 0 Å². The van der Waals surface area contributed by atoms with Crippen LogP contribution in [0.5, 0.6) is 0 Å². The molecule has 1 nitrogen and oxygen atoms in total. The first-order valence-electron chi connectivity index (χ1n) is 4.99. The topological polar surface area (TPSA) is 20.2 Å². The van der Waals surface area contributed by atoms with E-state index in [0.29, 0.717) is 0 Å². The molecule has 1 rings (SSSR count). The van der Waals surface area contributed by atoms with Gasteiger partial charge in [-0.05, 0) is 24.7 Å². The maximum Gasteiger partial charge on any atom is 0.267 e. The number of alkyl halides is 2. The van der Waals surface area contributed by atoms with Crippen LogP contribution in [0.3, 0.4) is 0 Å². The van der Waals surface area contributed by atoms with Crippen molar-refractivity contribution >= 4 is 0 Å². The lowest BCUT2D eigenvalue weighted by Gasteiger charge is -2.41. The van der Waals surface area contributed by atoms with Crippen LogP contribution >= 0.6 is 0 Å². The molecule has 2 unspecified atom stereocenters. The Balaban J connectivity index is 2.77. The van der Waals surface area contributed by atoms with E-state index in [1.54, 1.807) is 0 Å². The van der Waals surface area contributed by atoms with Gasteiger partial charge in [0, 0.05) is 0 Å². The van der Waals surface area contributed by atoms with Crippen molar-refractivity contribution in [3.05, 3.63) is 0 Å². The molecule has 0 aliphatic heterocycles. The van der Waals surface area contributed by atoms with Crippen molar-refractivity contribution in [2.45, 2.75) is 51.6 Å². The summed E-state index contributed by atoms with van der Waals surface area (Å²) in [6.07, 6.45) is 0.0914. The zero-order valence-electron chi connectivity index (χ0n) is 8.26. The standard InChI is InChI=1S/C10H18F2O/c1-7(2)8-5-3-4-6-10(8,13)9(11)12/h7-9,13H,3-6H2,1-2H3. The third kappa shape index (κ3) is 2.01. The number of aliphatic hydroxyl groups is 1. The molecule has 0 spiro atoms. The molecule has 1 aliphatic carbocycles. The Kier molecular flexibility index (Phi) is 3.28. The molecule has 0 bridgehead atoms. The van der Waals surface area contributed by atoms with Crippen molar-refractivity contribution in [3.63, 3.8) is 0 Å². The first-order valence-corrected chi connectivity index (χ1v) is 4.99. The molecule has 0 aromatic rings. The highest BCUT2D eigenvalue weighted by molar-refractivity contribution is 4.93. The minimum Gasteiger partial charge on any atom is -0.384 e. The lowest BCUT2D eigenvalue weighted by Crippen LogP contribution is -2.49. The predicted octanol–water partition coefficient (Wildman–Crippen LogP) is 2.83. The van der Waals surface area contributed by atoms with E-state index in [1.807, 2.05) is 13.8 Å². The Morgan fingerprint density at radius 1 is 1.31 bits per heavy atom. The van der Waals surface area contributed by atoms with Crippen LogP contribution in [0, 0.1) is 11.8 Å². The maximum absolute atomic E-state index is 12.7. The minimum absolute atomic E-state index is 0.138. The molecule has 13 heavy (non-hydrogen) atoms. The van der Waals surface area contributed by atoms with Gasteiger partial charge < -0.3 is 5.11 Å². The monoisotopic (exact) mass is 192 g/mol. The van der Waals surface area contributed by atoms with Crippen LogP contribution < -0.4 is 0 Å².